The zero-order valence-electron chi connectivity index (χ0n) is 10.4. The van der Waals surface area contributed by atoms with Gasteiger partial charge in [-0.3, -0.25) is 4.79 Å². The van der Waals surface area contributed by atoms with Crippen LogP contribution in [0.2, 0.25) is 0 Å². The SMILES string of the molecule is CCC(C)(CO)NC(=O)c1ccc(C)c(O)c1. The molecule has 0 heterocycles. The van der Waals surface area contributed by atoms with E-state index in [4.69, 9.17) is 0 Å². The Balaban J connectivity index is 2.86. The first kappa shape index (κ1) is 13.5. The van der Waals surface area contributed by atoms with Gasteiger partial charge in [0.05, 0.1) is 12.1 Å². The second-order valence-corrected chi connectivity index (χ2v) is 4.53. The van der Waals surface area contributed by atoms with Crippen molar-refractivity contribution in [1.82, 2.24) is 5.32 Å². The third-order valence-corrected chi connectivity index (χ3v) is 3.02. The van der Waals surface area contributed by atoms with Gasteiger partial charge in [-0.25, -0.2) is 0 Å². The van der Waals surface area contributed by atoms with Crippen molar-refractivity contribution in [2.24, 2.45) is 0 Å². The fourth-order valence-corrected chi connectivity index (χ4v) is 1.34. The third-order valence-electron chi connectivity index (χ3n) is 3.02. The summed E-state index contributed by atoms with van der Waals surface area (Å²) in [7, 11) is 0. The molecular weight excluding hydrogens is 218 g/mol. The molecule has 0 saturated heterocycles. The number of aliphatic hydroxyl groups is 1. The normalized spacial score (nSPS) is 14.1. The van der Waals surface area contributed by atoms with Crippen molar-refractivity contribution in [3.05, 3.63) is 29.3 Å². The highest BCUT2D eigenvalue weighted by atomic mass is 16.3. The van der Waals surface area contributed by atoms with Gasteiger partial charge in [0.1, 0.15) is 5.75 Å². The highest BCUT2D eigenvalue weighted by Crippen LogP contribution is 2.18. The van der Waals surface area contributed by atoms with Gasteiger partial charge in [0.25, 0.3) is 5.91 Å². The first-order chi connectivity index (χ1) is 7.91. The number of phenolic OH excluding ortho intramolecular Hbond substituents is 1. The van der Waals surface area contributed by atoms with E-state index < -0.39 is 5.54 Å². The van der Waals surface area contributed by atoms with E-state index >= 15 is 0 Å². The van der Waals surface area contributed by atoms with Crippen LogP contribution in [0.15, 0.2) is 18.2 Å². The van der Waals surface area contributed by atoms with Gasteiger partial charge in [-0.2, -0.15) is 0 Å². The summed E-state index contributed by atoms with van der Waals surface area (Å²) in [5, 5.41) is 21.5. The number of nitrogens with one attached hydrogen (secondary N) is 1. The number of amides is 1. The fraction of sp³-hybridized carbons (Fsp3) is 0.462. The van der Waals surface area contributed by atoms with E-state index in [1.54, 1.807) is 26.0 Å². The number of hydrogen-bond donors (Lipinski definition) is 3. The molecule has 0 saturated carbocycles. The first-order valence-corrected chi connectivity index (χ1v) is 5.65. The summed E-state index contributed by atoms with van der Waals surface area (Å²) in [6, 6.07) is 4.77. The van der Waals surface area contributed by atoms with Crippen LogP contribution in [0.3, 0.4) is 0 Å². The monoisotopic (exact) mass is 237 g/mol. The van der Waals surface area contributed by atoms with Crippen LogP contribution < -0.4 is 5.32 Å². The maximum atomic E-state index is 11.9. The standard InChI is InChI=1S/C13H19NO3/c1-4-13(3,8-15)14-12(17)10-6-5-9(2)11(16)7-10/h5-7,15-16H,4,8H2,1-3H3,(H,14,17). The maximum Gasteiger partial charge on any atom is 0.251 e. The van der Waals surface area contributed by atoms with E-state index in [0.29, 0.717) is 12.0 Å². The Morgan fingerprint density at radius 3 is 2.59 bits per heavy atom. The number of carbonyl (C=O) groups is 1. The third kappa shape index (κ3) is 3.20. The van der Waals surface area contributed by atoms with Gasteiger partial charge in [0, 0.05) is 5.56 Å². The molecule has 1 atom stereocenters. The van der Waals surface area contributed by atoms with Gasteiger partial charge < -0.3 is 15.5 Å². The Kier molecular flexibility index (Phi) is 4.12. The van der Waals surface area contributed by atoms with Crippen molar-refractivity contribution < 1.29 is 15.0 Å². The van der Waals surface area contributed by atoms with Gasteiger partial charge >= 0.3 is 0 Å². The van der Waals surface area contributed by atoms with Crippen LogP contribution in [0.5, 0.6) is 5.75 Å². The number of carbonyl (C=O) groups excluding carboxylic acids is 1. The van der Waals surface area contributed by atoms with Crippen molar-refractivity contribution in [2.75, 3.05) is 6.61 Å². The summed E-state index contributed by atoms with van der Waals surface area (Å²) in [5.41, 5.74) is 0.487. The van der Waals surface area contributed by atoms with E-state index in [0.717, 1.165) is 5.56 Å². The van der Waals surface area contributed by atoms with Crippen LogP contribution in [-0.4, -0.2) is 28.3 Å². The van der Waals surface area contributed by atoms with E-state index in [1.165, 1.54) is 6.07 Å². The summed E-state index contributed by atoms with van der Waals surface area (Å²) in [6.07, 6.45) is 0.632. The molecule has 1 aromatic carbocycles. The van der Waals surface area contributed by atoms with Crippen LogP contribution in [-0.2, 0) is 0 Å². The van der Waals surface area contributed by atoms with Crippen LogP contribution in [0, 0.1) is 6.92 Å². The Hall–Kier alpha value is -1.55. The van der Waals surface area contributed by atoms with Gasteiger partial charge in [-0.05, 0) is 38.0 Å². The van der Waals surface area contributed by atoms with Crippen molar-refractivity contribution in [3.8, 4) is 5.75 Å². The summed E-state index contributed by atoms with van der Waals surface area (Å²) in [5.74, 6) is -0.196. The Bertz CT molecular complexity index is 411. The molecule has 0 bridgehead atoms. The summed E-state index contributed by atoms with van der Waals surface area (Å²) < 4.78 is 0. The zero-order chi connectivity index (χ0) is 13.1. The van der Waals surface area contributed by atoms with E-state index in [1.807, 2.05) is 6.92 Å². The Morgan fingerprint density at radius 1 is 1.47 bits per heavy atom. The number of rotatable bonds is 4. The van der Waals surface area contributed by atoms with Gasteiger partial charge in [0.15, 0.2) is 0 Å². The lowest BCUT2D eigenvalue weighted by Crippen LogP contribution is -2.48. The lowest BCUT2D eigenvalue weighted by Gasteiger charge is -2.27. The number of benzene rings is 1. The van der Waals surface area contributed by atoms with E-state index in [2.05, 4.69) is 5.32 Å². The number of hydrogen-bond acceptors (Lipinski definition) is 3. The molecule has 94 valence electrons. The minimum Gasteiger partial charge on any atom is -0.508 e. The quantitative estimate of drug-likeness (QED) is 0.744. The molecule has 0 aliphatic rings. The minimum atomic E-state index is -0.627. The van der Waals surface area contributed by atoms with Gasteiger partial charge in [-0.15, -0.1) is 0 Å². The fourth-order valence-electron chi connectivity index (χ4n) is 1.34. The molecule has 1 aromatic rings. The van der Waals surface area contributed by atoms with Crippen LogP contribution >= 0.6 is 0 Å². The molecule has 0 radical (unpaired) electrons. The molecule has 4 heteroatoms. The number of aliphatic hydroxyl groups excluding tert-OH is 1. The molecule has 17 heavy (non-hydrogen) atoms. The smallest absolute Gasteiger partial charge is 0.251 e. The number of phenols is 1. The molecule has 0 spiro atoms. The largest absolute Gasteiger partial charge is 0.508 e. The summed E-state index contributed by atoms with van der Waals surface area (Å²) in [6.45, 7) is 5.32. The predicted octanol–water partition coefficient (Wildman–Crippen LogP) is 1.59. The molecule has 1 rings (SSSR count). The van der Waals surface area contributed by atoms with Crippen molar-refractivity contribution >= 4 is 5.91 Å². The van der Waals surface area contributed by atoms with Crippen molar-refractivity contribution in [3.63, 3.8) is 0 Å². The highest BCUT2D eigenvalue weighted by Gasteiger charge is 2.23. The maximum absolute atomic E-state index is 11.9. The second-order valence-electron chi connectivity index (χ2n) is 4.53. The topological polar surface area (TPSA) is 69.6 Å². The Morgan fingerprint density at radius 2 is 2.12 bits per heavy atom. The average molecular weight is 237 g/mol. The first-order valence-electron chi connectivity index (χ1n) is 5.65. The van der Waals surface area contributed by atoms with Gasteiger partial charge in [-0.1, -0.05) is 13.0 Å². The van der Waals surface area contributed by atoms with E-state index in [9.17, 15) is 15.0 Å². The van der Waals surface area contributed by atoms with Crippen LogP contribution in [0.4, 0.5) is 0 Å². The molecule has 0 aromatic heterocycles. The van der Waals surface area contributed by atoms with Crippen LogP contribution in [0.1, 0.15) is 36.2 Å². The molecule has 0 fully saturated rings. The molecule has 1 unspecified atom stereocenters. The summed E-state index contributed by atoms with van der Waals surface area (Å²) >= 11 is 0. The lowest BCUT2D eigenvalue weighted by molar-refractivity contribution is 0.0847. The predicted molar refractivity (Wildman–Crippen MR) is 66.1 cm³/mol. The van der Waals surface area contributed by atoms with Crippen molar-refractivity contribution in [2.45, 2.75) is 32.7 Å². The lowest BCUT2D eigenvalue weighted by atomic mass is 9.99. The van der Waals surface area contributed by atoms with Crippen LogP contribution in [0.25, 0.3) is 0 Å². The number of aryl methyl sites for hydroxylation is 1. The van der Waals surface area contributed by atoms with Crippen molar-refractivity contribution in [1.29, 1.82) is 0 Å². The number of aromatic hydroxyl groups is 1. The van der Waals surface area contributed by atoms with E-state index in [-0.39, 0.29) is 18.3 Å². The molecule has 4 nitrogen and oxygen atoms in total. The van der Waals surface area contributed by atoms with Gasteiger partial charge in [0.2, 0.25) is 0 Å². The highest BCUT2D eigenvalue weighted by molar-refractivity contribution is 5.95. The second kappa shape index (κ2) is 5.19. The Labute approximate surface area is 101 Å². The average Bonchev–Trinajstić information content (AvgIpc) is 2.32. The molecule has 0 aliphatic heterocycles. The zero-order valence-corrected chi connectivity index (χ0v) is 10.4. The summed E-state index contributed by atoms with van der Waals surface area (Å²) in [4.78, 5) is 11.9. The minimum absolute atomic E-state index is 0.0971. The molecule has 3 N–H and O–H groups in total. The molecule has 1 amide bonds. The molecular formula is C13H19NO3. The molecule has 0 aliphatic carbocycles.